The van der Waals surface area contributed by atoms with E-state index in [0.717, 1.165) is 5.56 Å². The summed E-state index contributed by atoms with van der Waals surface area (Å²) in [7, 11) is -3.74. The number of ether oxygens (including phenoxy) is 1. The van der Waals surface area contributed by atoms with E-state index in [-0.39, 0.29) is 28.1 Å². The van der Waals surface area contributed by atoms with Crippen LogP contribution in [0.1, 0.15) is 19.4 Å². The SMILES string of the molecule is CCN(CC)S(=O)(=O)c1cc(NCC(=O)NCCc2ccc(OC(F)F)cc2)ccc1Cl. The second-order valence-corrected chi connectivity index (χ2v) is 9.02. The zero-order valence-corrected chi connectivity index (χ0v) is 19.3. The number of benzene rings is 2. The second-order valence-electron chi connectivity index (χ2n) is 6.71. The summed E-state index contributed by atoms with van der Waals surface area (Å²) in [6.07, 6.45) is 0.508. The molecule has 0 aliphatic rings. The van der Waals surface area contributed by atoms with Crippen molar-refractivity contribution in [1.29, 1.82) is 0 Å². The van der Waals surface area contributed by atoms with Crippen molar-refractivity contribution in [2.24, 2.45) is 0 Å². The monoisotopic (exact) mass is 489 g/mol. The smallest absolute Gasteiger partial charge is 0.387 e. The molecule has 2 aromatic rings. The molecule has 0 aromatic heterocycles. The number of sulfonamides is 1. The number of amides is 1. The maximum atomic E-state index is 12.7. The summed E-state index contributed by atoms with van der Waals surface area (Å²) < 4.78 is 55.4. The molecule has 0 aliphatic carbocycles. The molecule has 0 saturated carbocycles. The first-order valence-corrected chi connectivity index (χ1v) is 11.8. The Labute approximate surface area is 191 Å². The Hall–Kier alpha value is -2.43. The zero-order chi connectivity index (χ0) is 23.7. The molecule has 0 radical (unpaired) electrons. The quantitative estimate of drug-likeness (QED) is 0.474. The van der Waals surface area contributed by atoms with Crippen LogP contribution < -0.4 is 15.4 Å². The van der Waals surface area contributed by atoms with Gasteiger partial charge in [-0.3, -0.25) is 4.79 Å². The Bertz CT molecular complexity index is 1000. The van der Waals surface area contributed by atoms with Crippen LogP contribution in [-0.4, -0.2) is 51.4 Å². The average Bonchev–Trinajstić information content (AvgIpc) is 2.74. The fourth-order valence-corrected chi connectivity index (χ4v) is 4.90. The summed E-state index contributed by atoms with van der Waals surface area (Å²) in [6.45, 7) is 1.53. The number of anilines is 1. The standard InChI is InChI=1S/C21H26ClF2N3O4S/c1-3-27(4-2)32(29,30)19-13-16(7-10-18(19)22)26-14-20(28)25-12-11-15-5-8-17(9-6-15)31-21(23)24/h5-10,13,21,26H,3-4,11-12,14H2,1-2H3,(H,25,28). The van der Waals surface area contributed by atoms with Crippen LogP contribution in [0, 0.1) is 0 Å². The molecular formula is C21H26ClF2N3O4S. The third kappa shape index (κ3) is 7.32. The van der Waals surface area contributed by atoms with Gasteiger partial charge in [-0.1, -0.05) is 37.6 Å². The highest BCUT2D eigenvalue weighted by atomic mass is 35.5. The first-order valence-electron chi connectivity index (χ1n) is 10.0. The molecule has 0 atom stereocenters. The molecule has 0 spiro atoms. The van der Waals surface area contributed by atoms with Crippen molar-refractivity contribution in [3.8, 4) is 5.75 Å². The minimum Gasteiger partial charge on any atom is -0.435 e. The highest BCUT2D eigenvalue weighted by Crippen LogP contribution is 2.27. The van der Waals surface area contributed by atoms with Crippen LogP contribution in [0.25, 0.3) is 0 Å². The number of nitrogens with one attached hydrogen (secondary N) is 2. The molecule has 2 rings (SSSR count). The third-order valence-corrected chi connectivity index (χ3v) is 7.12. The Morgan fingerprint density at radius 3 is 2.38 bits per heavy atom. The number of carbonyl (C=O) groups excluding carboxylic acids is 1. The number of alkyl halides is 2. The Morgan fingerprint density at radius 2 is 1.78 bits per heavy atom. The highest BCUT2D eigenvalue weighted by molar-refractivity contribution is 7.89. The lowest BCUT2D eigenvalue weighted by atomic mass is 10.1. The number of hydrogen-bond acceptors (Lipinski definition) is 5. The summed E-state index contributed by atoms with van der Waals surface area (Å²) in [4.78, 5) is 12.1. The van der Waals surface area contributed by atoms with E-state index in [1.807, 2.05) is 0 Å². The summed E-state index contributed by atoms with van der Waals surface area (Å²) >= 11 is 6.10. The van der Waals surface area contributed by atoms with E-state index in [1.165, 1.54) is 28.6 Å². The van der Waals surface area contributed by atoms with E-state index >= 15 is 0 Å². The van der Waals surface area contributed by atoms with Gasteiger partial charge >= 0.3 is 6.61 Å². The molecule has 0 heterocycles. The molecule has 7 nitrogen and oxygen atoms in total. The van der Waals surface area contributed by atoms with Gasteiger partial charge < -0.3 is 15.4 Å². The van der Waals surface area contributed by atoms with E-state index in [1.54, 1.807) is 32.0 Å². The molecule has 0 aliphatic heterocycles. The van der Waals surface area contributed by atoms with Crippen LogP contribution in [0.4, 0.5) is 14.5 Å². The van der Waals surface area contributed by atoms with Gasteiger partial charge in [-0.25, -0.2) is 8.42 Å². The molecule has 1 amide bonds. The molecule has 11 heteroatoms. The topological polar surface area (TPSA) is 87.7 Å². The van der Waals surface area contributed by atoms with Crippen LogP contribution in [-0.2, 0) is 21.2 Å². The Morgan fingerprint density at radius 1 is 1.12 bits per heavy atom. The van der Waals surface area contributed by atoms with Crippen molar-refractivity contribution in [1.82, 2.24) is 9.62 Å². The lowest BCUT2D eigenvalue weighted by molar-refractivity contribution is -0.119. The van der Waals surface area contributed by atoms with Gasteiger partial charge in [-0.2, -0.15) is 13.1 Å². The van der Waals surface area contributed by atoms with Gasteiger partial charge in [0.25, 0.3) is 0 Å². The highest BCUT2D eigenvalue weighted by Gasteiger charge is 2.24. The molecule has 176 valence electrons. The van der Waals surface area contributed by atoms with Crippen LogP contribution in [0.15, 0.2) is 47.4 Å². The molecular weight excluding hydrogens is 464 g/mol. The maximum Gasteiger partial charge on any atom is 0.387 e. The number of rotatable bonds is 12. The predicted molar refractivity (Wildman–Crippen MR) is 120 cm³/mol. The van der Waals surface area contributed by atoms with Crippen molar-refractivity contribution in [2.75, 3.05) is 31.5 Å². The minimum atomic E-state index is -3.74. The van der Waals surface area contributed by atoms with Gasteiger partial charge in [0.05, 0.1) is 11.6 Å². The van der Waals surface area contributed by atoms with E-state index < -0.39 is 16.6 Å². The molecule has 0 saturated heterocycles. The molecule has 2 aromatic carbocycles. The fraction of sp³-hybridized carbons (Fsp3) is 0.381. The van der Waals surface area contributed by atoms with E-state index in [2.05, 4.69) is 15.4 Å². The van der Waals surface area contributed by atoms with Gasteiger partial charge in [-0.15, -0.1) is 0 Å². The van der Waals surface area contributed by atoms with Crippen molar-refractivity contribution >= 4 is 33.2 Å². The lowest BCUT2D eigenvalue weighted by Crippen LogP contribution is -2.32. The van der Waals surface area contributed by atoms with Gasteiger partial charge in [0.2, 0.25) is 15.9 Å². The molecule has 0 fully saturated rings. The summed E-state index contributed by atoms with van der Waals surface area (Å²) in [5.74, 6) is -0.215. The van der Waals surface area contributed by atoms with Crippen molar-refractivity contribution in [3.05, 3.63) is 53.1 Å². The van der Waals surface area contributed by atoms with Gasteiger partial charge in [0, 0.05) is 25.3 Å². The summed E-state index contributed by atoms with van der Waals surface area (Å²) in [5.41, 5.74) is 1.30. The summed E-state index contributed by atoms with van der Waals surface area (Å²) in [5, 5.41) is 5.74. The first-order chi connectivity index (χ1) is 15.2. The number of nitrogens with zero attached hydrogens (tertiary/aromatic N) is 1. The van der Waals surface area contributed by atoms with E-state index in [0.29, 0.717) is 31.7 Å². The average molecular weight is 490 g/mol. The molecule has 0 unspecified atom stereocenters. The minimum absolute atomic E-state index is 0.0208. The number of carbonyl (C=O) groups is 1. The van der Waals surface area contributed by atoms with Crippen molar-refractivity contribution < 1.29 is 26.7 Å². The fourth-order valence-electron chi connectivity index (χ4n) is 2.94. The maximum absolute atomic E-state index is 12.7. The third-order valence-electron chi connectivity index (χ3n) is 4.59. The Kier molecular flexibility index (Phi) is 9.67. The lowest BCUT2D eigenvalue weighted by Gasteiger charge is -2.20. The van der Waals surface area contributed by atoms with Gasteiger partial charge in [0.1, 0.15) is 10.6 Å². The first kappa shape index (κ1) is 25.8. The second kappa shape index (κ2) is 12.0. The van der Waals surface area contributed by atoms with E-state index in [9.17, 15) is 22.0 Å². The molecule has 32 heavy (non-hydrogen) atoms. The van der Waals surface area contributed by atoms with Crippen LogP contribution in [0.3, 0.4) is 0 Å². The molecule has 2 N–H and O–H groups in total. The van der Waals surface area contributed by atoms with E-state index in [4.69, 9.17) is 11.6 Å². The number of hydrogen-bond donors (Lipinski definition) is 2. The molecule has 0 bridgehead atoms. The van der Waals surface area contributed by atoms with Gasteiger partial charge in [0.15, 0.2) is 0 Å². The van der Waals surface area contributed by atoms with Crippen LogP contribution in [0.5, 0.6) is 5.75 Å². The number of halogens is 3. The largest absolute Gasteiger partial charge is 0.435 e. The normalized spacial score (nSPS) is 11.6. The van der Waals surface area contributed by atoms with Crippen LogP contribution in [0.2, 0.25) is 5.02 Å². The van der Waals surface area contributed by atoms with Crippen LogP contribution >= 0.6 is 11.6 Å². The van der Waals surface area contributed by atoms with Crippen molar-refractivity contribution in [2.45, 2.75) is 31.8 Å². The Balaban J connectivity index is 1.88. The zero-order valence-electron chi connectivity index (χ0n) is 17.8. The van der Waals surface area contributed by atoms with Gasteiger partial charge in [-0.05, 0) is 42.3 Å². The van der Waals surface area contributed by atoms with Crippen molar-refractivity contribution in [3.63, 3.8) is 0 Å². The predicted octanol–water partition coefficient (Wildman–Crippen LogP) is 3.74. The summed E-state index contributed by atoms with van der Waals surface area (Å²) in [6, 6.07) is 10.7.